The van der Waals surface area contributed by atoms with Crippen LogP contribution in [0, 0.1) is 0 Å². The molecule has 0 bridgehead atoms. The number of carbonyl (C=O) groups is 1. The van der Waals surface area contributed by atoms with E-state index in [1.807, 2.05) is 42.6 Å². The first-order chi connectivity index (χ1) is 28.3. The molecule has 12 heteroatoms. The van der Waals surface area contributed by atoms with Gasteiger partial charge in [-0.1, -0.05) is 107 Å². The number of anilines is 2. The molecule has 6 aromatic rings. The van der Waals surface area contributed by atoms with E-state index in [2.05, 4.69) is 111 Å². The Morgan fingerprint density at radius 1 is 0.932 bits per heavy atom. The van der Waals surface area contributed by atoms with E-state index in [0.717, 1.165) is 54.1 Å². The molecule has 3 aromatic carbocycles. The summed E-state index contributed by atoms with van der Waals surface area (Å²) in [5, 5.41) is 11.0. The summed E-state index contributed by atoms with van der Waals surface area (Å²) in [6, 6.07) is 28.0. The zero-order valence-corrected chi connectivity index (χ0v) is 36.7. The Morgan fingerprint density at radius 2 is 1.68 bits per heavy atom. The Labute approximate surface area is 350 Å². The molecular formula is C47H59N8O3Si. The maximum Gasteiger partial charge on any atom is 0.410 e. The number of nitrogen functional groups attached to an aromatic ring is 1. The van der Waals surface area contributed by atoms with E-state index < -0.39 is 14.6 Å². The lowest BCUT2D eigenvalue weighted by molar-refractivity contribution is 0.0205. The Balaban J connectivity index is 1.09. The molecule has 1 fully saturated rings. The first-order valence-electron chi connectivity index (χ1n) is 21.0. The van der Waals surface area contributed by atoms with Gasteiger partial charge in [0.15, 0.2) is 5.82 Å². The van der Waals surface area contributed by atoms with Crippen molar-refractivity contribution < 1.29 is 14.0 Å². The molecule has 0 spiro atoms. The fourth-order valence-corrected chi connectivity index (χ4v) is 10.7. The number of benzene rings is 3. The van der Waals surface area contributed by atoms with Crippen LogP contribution in [-0.2, 0) is 15.7 Å². The minimum Gasteiger partial charge on any atom is -0.444 e. The van der Waals surface area contributed by atoms with Crippen molar-refractivity contribution in [3.63, 3.8) is 0 Å². The molecule has 1 saturated heterocycles. The average molecular weight is 812 g/mol. The molecule has 0 saturated carbocycles. The molecule has 1 amide bonds. The van der Waals surface area contributed by atoms with Crippen LogP contribution in [0.15, 0.2) is 91.3 Å². The van der Waals surface area contributed by atoms with Crippen molar-refractivity contribution in [3.05, 3.63) is 102 Å². The smallest absolute Gasteiger partial charge is 0.410 e. The number of fused-ring (bicyclic) bond motifs is 2. The van der Waals surface area contributed by atoms with Crippen LogP contribution >= 0.6 is 0 Å². The summed E-state index contributed by atoms with van der Waals surface area (Å²) in [7, 11) is -1.42. The summed E-state index contributed by atoms with van der Waals surface area (Å²) in [5.74, 6) is 1.19. The molecular weight excluding hydrogens is 753 g/mol. The van der Waals surface area contributed by atoms with Crippen LogP contribution < -0.4 is 16.2 Å². The van der Waals surface area contributed by atoms with E-state index in [9.17, 15) is 4.79 Å². The van der Waals surface area contributed by atoms with Gasteiger partial charge in [0.1, 0.15) is 16.6 Å². The van der Waals surface area contributed by atoms with Gasteiger partial charge in [0.25, 0.3) is 9.04 Å². The third-order valence-corrected chi connectivity index (χ3v) is 13.7. The second kappa shape index (κ2) is 17.9. The number of nitrogens with two attached hydrogens (primary N) is 1. The van der Waals surface area contributed by atoms with E-state index in [1.165, 1.54) is 21.9 Å². The predicted molar refractivity (Wildman–Crippen MR) is 240 cm³/mol. The van der Waals surface area contributed by atoms with Crippen LogP contribution in [-0.4, -0.2) is 76.1 Å². The van der Waals surface area contributed by atoms with Gasteiger partial charge in [-0.2, -0.15) is 10.1 Å². The van der Waals surface area contributed by atoms with Crippen LogP contribution in [0.3, 0.4) is 0 Å². The number of hydrogen-bond donors (Lipinski definition) is 2. The molecule has 59 heavy (non-hydrogen) atoms. The molecule has 1 atom stereocenters. The molecule has 1 radical (unpaired) electrons. The third-order valence-electron chi connectivity index (χ3n) is 10.9. The normalized spacial score (nSPS) is 14.6. The van der Waals surface area contributed by atoms with Gasteiger partial charge in [-0.15, -0.1) is 0 Å². The Morgan fingerprint density at radius 3 is 2.41 bits per heavy atom. The maximum absolute atomic E-state index is 12.8. The van der Waals surface area contributed by atoms with Gasteiger partial charge in [0.05, 0.1) is 18.3 Å². The number of ether oxygens (including phenoxy) is 1. The van der Waals surface area contributed by atoms with Crippen LogP contribution in [0.1, 0.15) is 97.6 Å². The largest absolute Gasteiger partial charge is 0.444 e. The van der Waals surface area contributed by atoms with E-state index in [4.69, 9.17) is 30.0 Å². The van der Waals surface area contributed by atoms with Crippen molar-refractivity contribution in [2.45, 2.75) is 110 Å². The number of amides is 1. The van der Waals surface area contributed by atoms with Gasteiger partial charge >= 0.3 is 6.09 Å². The minimum absolute atomic E-state index is 0.0282. The molecule has 0 aliphatic carbocycles. The van der Waals surface area contributed by atoms with E-state index in [-0.39, 0.29) is 23.1 Å². The zero-order valence-electron chi connectivity index (χ0n) is 35.7. The van der Waals surface area contributed by atoms with Gasteiger partial charge < -0.3 is 25.1 Å². The Bertz CT molecular complexity index is 2360. The first kappa shape index (κ1) is 41.8. The number of piperidine rings is 1. The van der Waals surface area contributed by atoms with Crippen LogP contribution in [0.5, 0.6) is 0 Å². The number of pyridine rings is 1. The van der Waals surface area contributed by atoms with Crippen molar-refractivity contribution in [2.24, 2.45) is 0 Å². The summed E-state index contributed by atoms with van der Waals surface area (Å²) in [5.41, 5.74) is 13.0. The SMILES string of the molecule is CCC[C@@H](CCO[Si](c1ccccc1-c1ccccc1)C(C)(C)C)Nc1nc(N)nc2cnn(Cc3ccc(C4CCN(C(=O)OC(C)(C)C)CC4)c4cccnc34)c12. The van der Waals surface area contributed by atoms with Crippen molar-refractivity contribution in [1.29, 1.82) is 0 Å². The molecule has 1 aliphatic rings. The Hall–Kier alpha value is -5.33. The highest BCUT2D eigenvalue weighted by atomic mass is 28.3. The number of likely N-dealkylation sites (tertiary alicyclic amines) is 1. The molecule has 11 nitrogen and oxygen atoms in total. The highest BCUT2D eigenvalue weighted by Crippen LogP contribution is 2.35. The number of rotatable bonds is 13. The highest BCUT2D eigenvalue weighted by Gasteiger charge is 2.34. The zero-order chi connectivity index (χ0) is 41.7. The van der Waals surface area contributed by atoms with E-state index in [0.29, 0.717) is 43.5 Å². The van der Waals surface area contributed by atoms with Gasteiger partial charge in [-0.3, -0.25) is 9.67 Å². The van der Waals surface area contributed by atoms with Crippen LogP contribution in [0.2, 0.25) is 5.04 Å². The summed E-state index contributed by atoms with van der Waals surface area (Å²) in [6.45, 7) is 17.2. The highest BCUT2D eigenvalue weighted by molar-refractivity contribution is 6.71. The predicted octanol–water partition coefficient (Wildman–Crippen LogP) is 9.47. The lowest BCUT2D eigenvalue weighted by Gasteiger charge is -2.34. The number of hydrogen-bond acceptors (Lipinski definition) is 9. The number of carbonyl (C=O) groups excluding carboxylic acids is 1. The fraction of sp³-hybridized carbons (Fsp3) is 0.426. The standard InChI is InChI=1S/C47H59N8O3Si/c1-8-15-35(25-29-57-59(47(5,6)7)40-20-13-12-18-37(40)32-16-10-9-11-17-32)51-43-42-39(52-44(48)53-43)30-50-55(42)31-34-21-22-36(38-19-14-26-49-41(34)38)33-23-27-54(28-24-33)45(56)58-46(2,3)4/h9-14,16-22,26,30,33,35H,8,15,23-25,27-29,31H2,1-7H3,(H3,48,51,52,53)/t35-/m0/s1. The first-order valence-corrected chi connectivity index (χ1v) is 22.4. The van der Waals surface area contributed by atoms with Gasteiger partial charge in [0, 0.05) is 37.3 Å². The van der Waals surface area contributed by atoms with Gasteiger partial charge in [-0.05, 0) is 90.9 Å². The summed E-state index contributed by atoms with van der Waals surface area (Å²) in [6.07, 6.45) is 7.84. The third kappa shape index (κ3) is 9.93. The molecule has 0 unspecified atom stereocenters. The lowest BCUT2D eigenvalue weighted by Crippen LogP contribution is -2.43. The second-order valence-corrected chi connectivity index (χ2v) is 20.7. The number of aromatic nitrogens is 5. The van der Waals surface area contributed by atoms with E-state index in [1.54, 1.807) is 6.20 Å². The van der Waals surface area contributed by atoms with Crippen LogP contribution in [0.4, 0.5) is 16.6 Å². The summed E-state index contributed by atoms with van der Waals surface area (Å²) in [4.78, 5) is 28.8. The quantitative estimate of drug-likeness (QED) is 0.109. The fourth-order valence-electron chi connectivity index (χ4n) is 8.22. The molecule has 4 heterocycles. The maximum atomic E-state index is 12.8. The second-order valence-electron chi connectivity index (χ2n) is 17.7. The van der Waals surface area contributed by atoms with Gasteiger partial charge in [0.2, 0.25) is 5.95 Å². The molecule has 1 aliphatic heterocycles. The summed E-state index contributed by atoms with van der Waals surface area (Å²) >= 11 is 0. The number of nitrogens with zero attached hydrogens (tertiary/aromatic N) is 6. The van der Waals surface area contributed by atoms with Crippen molar-refractivity contribution in [3.8, 4) is 11.1 Å². The molecule has 3 N–H and O–H groups in total. The lowest BCUT2D eigenvalue weighted by atomic mass is 9.86. The molecule has 7 rings (SSSR count). The molecule has 3 aromatic heterocycles. The van der Waals surface area contributed by atoms with Crippen molar-refractivity contribution in [2.75, 3.05) is 30.7 Å². The van der Waals surface area contributed by atoms with Crippen molar-refractivity contribution in [1.82, 2.24) is 29.6 Å². The van der Waals surface area contributed by atoms with E-state index >= 15 is 0 Å². The van der Waals surface area contributed by atoms with Crippen LogP contribution in [0.25, 0.3) is 33.1 Å². The molecule has 309 valence electrons. The number of nitrogens with one attached hydrogen (secondary N) is 1. The Kier molecular flexibility index (Phi) is 12.7. The van der Waals surface area contributed by atoms with Gasteiger partial charge in [-0.25, -0.2) is 9.78 Å². The average Bonchev–Trinajstić information content (AvgIpc) is 3.61. The monoisotopic (exact) mass is 811 g/mol. The summed E-state index contributed by atoms with van der Waals surface area (Å²) < 4.78 is 14.6. The minimum atomic E-state index is -1.42. The van der Waals surface area contributed by atoms with Crippen molar-refractivity contribution >= 4 is 54.0 Å². The topological polar surface area (TPSA) is 133 Å².